The Hall–Kier alpha value is -2.92. The van der Waals surface area contributed by atoms with Crippen molar-refractivity contribution >= 4 is 23.3 Å². The largest absolute Gasteiger partial charge is 0.334 e. The van der Waals surface area contributed by atoms with Gasteiger partial charge in [0, 0.05) is 23.7 Å². The zero-order chi connectivity index (χ0) is 20.4. The highest BCUT2D eigenvalue weighted by Gasteiger charge is 2.32. The number of carbonyl (C=O) groups excluding carboxylic acids is 1. The minimum absolute atomic E-state index is 0.0674. The first-order chi connectivity index (χ1) is 14.0. The van der Waals surface area contributed by atoms with Crippen LogP contribution in [0.25, 0.3) is 0 Å². The lowest BCUT2D eigenvalue weighted by Crippen LogP contribution is -2.47. The molecule has 1 aliphatic rings. The second-order valence-corrected chi connectivity index (χ2v) is 7.52. The molecule has 29 heavy (non-hydrogen) atoms. The molecule has 3 nitrogen and oxygen atoms in total. The average molecular weight is 413 g/mol. The second kappa shape index (κ2) is 8.21. The van der Waals surface area contributed by atoms with Crippen molar-refractivity contribution in [3.63, 3.8) is 0 Å². The maximum Gasteiger partial charge on any atom is 0.322 e. The van der Waals surface area contributed by atoms with Crippen LogP contribution in [0.3, 0.4) is 0 Å². The summed E-state index contributed by atoms with van der Waals surface area (Å²) in [5.41, 5.74) is 3.21. The minimum atomic E-state index is -0.761. The number of rotatable bonds is 4. The second-order valence-electron chi connectivity index (χ2n) is 7.08. The molecule has 3 aromatic rings. The van der Waals surface area contributed by atoms with Crippen LogP contribution in [-0.4, -0.2) is 12.1 Å². The molecule has 0 fully saturated rings. The Morgan fingerprint density at radius 2 is 1.66 bits per heavy atom. The van der Waals surface area contributed by atoms with Crippen LogP contribution in [0.15, 0.2) is 66.7 Å². The van der Waals surface area contributed by atoms with Crippen molar-refractivity contribution in [2.75, 3.05) is 4.90 Å². The number of benzene rings is 3. The van der Waals surface area contributed by atoms with E-state index in [-0.39, 0.29) is 18.3 Å². The zero-order valence-corrected chi connectivity index (χ0v) is 16.3. The van der Waals surface area contributed by atoms with Gasteiger partial charge in [-0.05, 0) is 53.8 Å². The molecule has 1 N–H and O–H groups in total. The third-order valence-corrected chi connectivity index (χ3v) is 5.39. The molecule has 0 aromatic heterocycles. The number of urea groups is 1. The molecule has 148 valence electrons. The monoisotopic (exact) mass is 412 g/mol. The van der Waals surface area contributed by atoms with Gasteiger partial charge in [0.15, 0.2) is 0 Å². The molecule has 4 rings (SSSR count). The molecule has 3 aromatic carbocycles. The molecule has 0 atom stereocenters. The highest BCUT2D eigenvalue weighted by Crippen LogP contribution is 2.31. The fourth-order valence-electron chi connectivity index (χ4n) is 3.73. The number of halogens is 3. The number of amides is 2. The number of fused-ring (bicyclic) bond motifs is 1. The van der Waals surface area contributed by atoms with Crippen LogP contribution < -0.4 is 10.2 Å². The number of anilines is 1. The van der Waals surface area contributed by atoms with Gasteiger partial charge in [0.2, 0.25) is 0 Å². The SMILES string of the molecule is O=C(NCc1ccc(Cl)cc1)N(c1ccc(F)cc1F)C1Cc2ccccc2C1. The quantitative estimate of drug-likeness (QED) is 0.602. The summed E-state index contributed by atoms with van der Waals surface area (Å²) in [4.78, 5) is 14.5. The van der Waals surface area contributed by atoms with E-state index in [2.05, 4.69) is 5.32 Å². The number of hydrogen-bond acceptors (Lipinski definition) is 1. The average Bonchev–Trinajstić information content (AvgIpc) is 3.13. The van der Waals surface area contributed by atoms with E-state index in [1.165, 1.54) is 17.0 Å². The number of nitrogens with zero attached hydrogens (tertiary/aromatic N) is 1. The Bertz CT molecular complexity index is 1010. The lowest BCUT2D eigenvalue weighted by Gasteiger charge is -2.29. The fourth-order valence-corrected chi connectivity index (χ4v) is 3.86. The fraction of sp³-hybridized carbons (Fsp3) is 0.174. The van der Waals surface area contributed by atoms with Gasteiger partial charge in [0.05, 0.1) is 5.69 Å². The van der Waals surface area contributed by atoms with E-state index in [0.717, 1.165) is 22.8 Å². The van der Waals surface area contributed by atoms with Gasteiger partial charge in [0.1, 0.15) is 11.6 Å². The van der Waals surface area contributed by atoms with Crippen molar-refractivity contribution in [3.8, 4) is 0 Å². The van der Waals surface area contributed by atoms with Crippen molar-refractivity contribution in [1.29, 1.82) is 0 Å². The Balaban J connectivity index is 1.59. The van der Waals surface area contributed by atoms with Crippen molar-refractivity contribution in [3.05, 3.63) is 100 Å². The number of nitrogens with one attached hydrogen (secondary N) is 1. The Morgan fingerprint density at radius 1 is 1.00 bits per heavy atom. The van der Waals surface area contributed by atoms with Crippen molar-refractivity contribution in [2.24, 2.45) is 0 Å². The number of carbonyl (C=O) groups is 1. The maximum absolute atomic E-state index is 14.6. The van der Waals surface area contributed by atoms with E-state index in [1.54, 1.807) is 12.1 Å². The molecule has 0 radical (unpaired) electrons. The van der Waals surface area contributed by atoms with Crippen LogP contribution in [0, 0.1) is 11.6 Å². The summed E-state index contributed by atoms with van der Waals surface area (Å²) in [5, 5.41) is 3.46. The minimum Gasteiger partial charge on any atom is -0.334 e. The Kier molecular flexibility index (Phi) is 5.49. The van der Waals surface area contributed by atoms with Crippen LogP contribution in [0.4, 0.5) is 19.3 Å². The molecule has 0 aliphatic heterocycles. The van der Waals surface area contributed by atoms with E-state index in [0.29, 0.717) is 17.9 Å². The molecule has 1 aliphatic carbocycles. The molecular weight excluding hydrogens is 394 g/mol. The standard InChI is InChI=1S/C23H19ClF2N2O/c24-18-7-5-15(6-8-18)14-27-23(29)28(22-10-9-19(25)13-21(22)26)20-11-16-3-1-2-4-17(16)12-20/h1-10,13,20H,11-12,14H2,(H,27,29). The normalized spacial score (nSPS) is 13.2. The first-order valence-electron chi connectivity index (χ1n) is 9.34. The van der Waals surface area contributed by atoms with Gasteiger partial charge in [-0.25, -0.2) is 13.6 Å². The molecule has 6 heteroatoms. The van der Waals surface area contributed by atoms with Crippen LogP contribution in [-0.2, 0) is 19.4 Å². The predicted octanol–water partition coefficient (Wildman–Crippen LogP) is 5.50. The summed E-state index contributed by atoms with van der Waals surface area (Å²) in [5.74, 6) is -1.44. The topological polar surface area (TPSA) is 32.3 Å². The van der Waals surface area contributed by atoms with Crippen molar-refractivity contribution < 1.29 is 13.6 Å². The van der Waals surface area contributed by atoms with Gasteiger partial charge >= 0.3 is 6.03 Å². The summed E-state index contributed by atoms with van der Waals surface area (Å²) >= 11 is 5.90. The summed E-state index contributed by atoms with van der Waals surface area (Å²) in [6.07, 6.45) is 1.22. The maximum atomic E-state index is 14.6. The number of hydrogen-bond donors (Lipinski definition) is 1. The Morgan fingerprint density at radius 3 is 2.28 bits per heavy atom. The lowest BCUT2D eigenvalue weighted by molar-refractivity contribution is 0.243. The first kappa shape index (κ1) is 19.4. The first-order valence-corrected chi connectivity index (χ1v) is 9.72. The van der Waals surface area contributed by atoms with Gasteiger partial charge in [-0.2, -0.15) is 0 Å². The van der Waals surface area contributed by atoms with Crippen molar-refractivity contribution in [1.82, 2.24) is 5.32 Å². The lowest BCUT2D eigenvalue weighted by atomic mass is 10.1. The van der Waals surface area contributed by atoms with Crippen LogP contribution in [0.1, 0.15) is 16.7 Å². The molecule has 0 heterocycles. The van der Waals surface area contributed by atoms with Crippen LogP contribution in [0.2, 0.25) is 5.02 Å². The predicted molar refractivity (Wildman–Crippen MR) is 110 cm³/mol. The third-order valence-electron chi connectivity index (χ3n) is 5.14. The molecule has 0 saturated heterocycles. The highest BCUT2D eigenvalue weighted by molar-refractivity contribution is 6.30. The van der Waals surface area contributed by atoms with E-state index in [4.69, 9.17) is 11.6 Å². The highest BCUT2D eigenvalue weighted by atomic mass is 35.5. The summed E-state index contributed by atoms with van der Waals surface area (Å²) in [7, 11) is 0. The molecule has 0 spiro atoms. The molecule has 0 saturated carbocycles. The van der Waals surface area contributed by atoms with Crippen molar-refractivity contribution in [2.45, 2.75) is 25.4 Å². The van der Waals surface area contributed by atoms with Gasteiger partial charge in [-0.15, -0.1) is 0 Å². The zero-order valence-electron chi connectivity index (χ0n) is 15.5. The van der Waals surface area contributed by atoms with Crippen LogP contribution in [0.5, 0.6) is 0 Å². The summed E-state index contributed by atoms with van der Waals surface area (Å²) in [6.45, 7) is 0.273. The molecular formula is C23H19ClF2N2O. The Labute approximate surface area is 172 Å². The van der Waals surface area contributed by atoms with Gasteiger partial charge < -0.3 is 5.32 Å². The van der Waals surface area contributed by atoms with E-state index >= 15 is 0 Å². The van der Waals surface area contributed by atoms with E-state index in [9.17, 15) is 13.6 Å². The molecule has 0 unspecified atom stereocenters. The van der Waals surface area contributed by atoms with Crippen LogP contribution >= 0.6 is 11.6 Å². The van der Waals surface area contributed by atoms with Gasteiger partial charge in [-0.3, -0.25) is 4.90 Å². The van der Waals surface area contributed by atoms with E-state index in [1.807, 2.05) is 36.4 Å². The van der Waals surface area contributed by atoms with Gasteiger partial charge in [-0.1, -0.05) is 48.0 Å². The molecule has 0 bridgehead atoms. The third kappa shape index (κ3) is 4.25. The van der Waals surface area contributed by atoms with Gasteiger partial charge in [0.25, 0.3) is 0 Å². The van der Waals surface area contributed by atoms with E-state index < -0.39 is 17.7 Å². The summed E-state index contributed by atoms with van der Waals surface area (Å²) < 4.78 is 28.0. The smallest absolute Gasteiger partial charge is 0.322 e. The molecule has 2 amide bonds. The summed E-state index contributed by atoms with van der Waals surface area (Å²) in [6, 6.07) is 17.7.